The quantitative estimate of drug-likeness (QED) is 0.0866. The topological polar surface area (TPSA) is 201 Å². The summed E-state index contributed by atoms with van der Waals surface area (Å²) in [6, 6.07) is 10.7. The van der Waals surface area contributed by atoms with Gasteiger partial charge < -0.3 is 44.9 Å². The van der Waals surface area contributed by atoms with Gasteiger partial charge in [-0.1, -0.05) is 0 Å². The van der Waals surface area contributed by atoms with E-state index in [2.05, 4.69) is 10.4 Å². The Hall–Kier alpha value is -4.54. The molecule has 0 aliphatic carbocycles. The van der Waals surface area contributed by atoms with Gasteiger partial charge in [0.2, 0.25) is 0 Å². The maximum atomic E-state index is 14.2. The van der Waals surface area contributed by atoms with Gasteiger partial charge in [0.15, 0.2) is 12.5 Å². The zero-order valence-corrected chi connectivity index (χ0v) is 24.4. The van der Waals surface area contributed by atoms with Crippen molar-refractivity contribution in [2.24, 2.45) is 0 Å². The summed E-state index contributed by atoms with van der Waals surface area (Å²) in [6.07, 6.45) is -6.33. The number of aromatic nitrogens is 2. The first kappa shape index (κ1) is 29.2. The molecule has 45 heavy (non-hydrogen) atoms. The van der Waals surface area contributed by atoms with Crippen molar-refractivity contribution in [3.63, 3.8) is 0 Å². The molecule has 0 radical (unpaired) electrons. The van der Waals surface area contributed by atoms with E-state index < -0.39 is 43.1 Å². The predicted octanol–water partition coefficient (Wildman–Crippen LogP) is 2.77. The molecule has 1 aliphatic heterocycles. The lowest BCUT2D eigenvalue weighted by Gasteiger charge is -2.29. The van der Waals surface area contributed by atoms with E-state index >= 15 is 0 Å². The third-order valence-corrected chi connectivity index (χ3v) is 8.89. The van der Waals surface area contributed by atoms with Crippen molar-refractivity contribution in [2.45, 2.75) is 38.2 Å². The Balaban J connectivity index is 1.60. The number of nitrogens with one attached hydrogen (secondary N) is 2. The summed E-state index contributed by atoms with van der Waals surface area (Å²) in [4.78, 5) is 31.6. The van der Waals surface area contributed by atoms with Crippen LogP contribution in [0.1, 0.15) is 39.4 Å². The zero-order chi connectivity index (χ0) is 31.7. The summed E-state index contributed by atoms with van der Waals surface area (Å²) in [5.41, 5.74) is 5.14. The van der Waals surface area contributed by atoms with Crippen molar-refractivity contribution in [3.05, 3.63) is 69.9 Å². The van der Waals surface area contributed by atoms with E-state index in [1.807, 2.05) is 16.8 Å². The average Bonchev–Trinajstić information content (AvgIpc) is 3.76. The van der Waals surface area contributed by atoms with E-state index in [1.54, 1.807) is 12.1 Å². The number of amides is 2. The number of nitrogens with zero attached hydrogens (tertiary/aromatic N) is 2. The van der Waals surface area contributed by atoms with Crippen LogP contribution in [0.15, 0.2) is 53.2 Å². The number of fused-ring (bicyclic) bond motifs is 10. The van der Waals surface area contributed by atoms with E-state index in [9.17, 15) is 40.2 Å². The minimum Gasteiger partial charge on any atom is -0.508 e. The Kier molecular flexibility index (Phi) is 7.02. The summed E-state index contributed by atoms with van der Waals surface area (Å²) in [6.45, 7) is 0.918. The van der Waals surface area contributed by atoms with E-state index in [4.69, 9.17) is 4.74 Å². The van der Waals surface area contributed by atoms with Crippen molar-refractivity contribution in [1.29, 1.82) is 0 Å². The molecule has 6 aromatic rings. The van der Waals surface area contributed by atoms with Crippen LogP contribution in [-0.4, -0.2) is 82.1 Å². The Labute approximate surface area is 257 Å². The number of hydrazine groups is 1. The number of rotatable bonds is 9. The van der Waals surface area contributed by atoms with Gasteiger partial charge in [-0.25, -0.2) is 10.4 Å². The number of aromatic amines is 1. The average molecular weight is 633 g/mol. The molecule has 0 bridgehead atoms. The molecule has 2 amide bonds. The number of thiophene rings is 1. The maximum Gasteiger partial charge on any atom is 0.276 e. The fourth-order valence-corrected chi connectivity index (χ4v) is 6.81. The first-order valence-corrected chi connectivity index (χ1v) is 15.0. The predicted molar refractivity (Wildman–Crippen MR) is 165 cm³/mol. The lowest BCUT2D eigenvalue weighted by atomic mass is 9.96. The fraction of sp³-hybridized carbons (Fsp3) is 0.226. The number of carbonyl (C=O) groups excluding carboxylic acids is 2. The molecule has 4 heterocycles. The molecule has 14 heteroatoms. The molecule has 3 unspecified atom stereocenters. The van der Waals surface area contributed by atoms with Crippen LogP contribution in [0.2, 0.25) is 0 Å². The number of phenols is 2. The molecule has 0 spiro atoms. The summed E-state index contributed by atoms with van der Waals surface area (Å²) in [5, 5.41) is 68.4. The minimum atomic E-state index is -2.21. The molecule has 3 aromatic carbocycles. The normalized spacial score (nSPS) is 15.7. The van der Waals surface area contributed by atoms with Gasteiger partial charge in [0.1, 0.15) is 17.6 Å². The number of phenolic OH excluding ortho intramolecular Hbond substituents is 2. The minimum absolute atomic E-state index is 0.0455. The van der Waals surface area contributed by atoms with Crippen molar-refractivity contribution in [3.8, 4) is 11.5 Å². The number of imide groups is 1. The molecular formula is C31H28N4O9S. The lowest BCUT2D eigenvalue weighted by molar-refractivity contribution is -0.212. The van der Waals surface area contributed by atoms with Gasteiger partial charge in [0, 0.05) is 40.2 Å². The maximum absolute atomic E-state index is 14.2. The highest BCUT2D eigenvalue weighted by Crippen LogP contribution is 2.47. The molecule has 1 aliphatic rings. The van der Waals surface area contributed by atoms with E-state index in [1.165, 1.54) is 47.1 Å². The molecule has 232 valence electrons. The highest BCUT2D eigenvalue weighted by molar-refractivity contribution is 7.07. The molecule has 3 atom stereocenters. The standard InChI is InChI=1S/C31H28N4O9S/c1-13(37)21(11-36)44-30(31(42)43)34-20-9-16(39)3-5-18(20)23-25-24(28(40)35(29(25)41)32-10-14-6-7-45-12-14)22-17-4-2-15(38)8-19(17)33-26(22)27(23)34/h2-9,12-13,21,30-33,36-39,42-43H,10-11H2,1H3. The van der Waals surface area contributed by atoms with Gasteiger partial charge >= 0.3 is 0 Å². The number of aliphatic hydroxyl groups excluding tert-OH is 3. The summed E-state index contributed by atoms with van der Waals surface area (Å²) in [5.74, 6) is -1.47. The lowest BCUT2D eigenvalue weighted by Crippen LogP contribution is -2.41. The summed E-state index contributed by atoms with van der Waals surface area (Å²) >= 11 is 1.48. The highest BCUT2D eigenvalue weighted by atomic mass is 32.1. The summed E-state index contributed by atoms with van der Waals surface area (Å²) < 4.78 is 7.25. The molecular weight excluding hydrogens is 604 g/mol. The van der Waals surface area contributed by atoms with Crippen molar-refractivity contribution in [2.75, 3.05) is 6.61 Å². The molecule has 3 aromatic heterocycles. The van der Waals surface area contributed by atoms with Crippen LogP contribution in [-0.2, 0) is 11.3 Å². The van der Waals surface area contributed by atoms with E-state index in [0.29, 0.717) is 27.2 Å². The second-order valence-corrected chi connectivity index (χ2v) is 11.7. The first-order valence-electron chi connectivity index (χ1n) is 14.0. The van der Waals surface area contributed by atoms with Gasteiger partial charge in [-0.15, -0.1) is 0 Å². The van der Waals surface area contributed by atoms with Crippen LogP contribution in [0.5, 0.6) is 11.5 Å². The van der Waals surface area contributed by atoms with Crippen LogP contribution in [0, 0.1) is 0 Å². The van der Waals surface area contributed by atoms with Crippen LogP contribution in [0.3, 0.4) is 0 Å². The molecule has 0 saturated heterocycles. The number of H-pyrrole nitrogens is 1. The van der Waals surface area contributed by atoms with Gasteiger partial charge in [-0.3, -0.25) is 9.59 Å². The Morgan fingerprint density at radius 2 is 1.64 bits per heavy atom. The largest absolute Gasteiger partial charge is 0.508 e. The number of hydrogen-bond donors (Lipinski definition) is 8. The SMILES string of the molecule is CC(O)C(CO)OC(C(O)O)n1c2cc(O)ccc2c2c3c(c4c5ccc(O)cc5[nH]c4c21)C(=O)N(NCc1ccsc1)C3=O. The Bertz CT molecular complexity index is 2130. The molecule has 13 nitrogen and oxygen atoms in total. The first-order chi connectivity index (χ1) is 21.6. The Morgan fingerprint density at radius 3 is 2.29 bits per heavy atom. The summed E-state index contributed by atoms with van der Waals surface area (Å²) in [7, 11) is 0. The number of ether oxygens (including phenoxy) is 1. The fourth-order valence-electron chi connectivity index (χ4n) is 6.14. The molecule has 7 rings (SSSR count). The number of aliphatic hydroxyl groups is 4. The van der Waals surface area contributed by atoms with Crippen LogP contribution < -0.4 is 5.43 Å². The third-order valence-electron chi connectivity index (χ3n) is 8.15. The number of hydrogen-bond acceptors (Lipinski definition) is 11. The smallest absolute Gasteiger partial charge is 0.276 e. The number of benzene rings is 3. The monoisotopic (exact) mass is 632 g/mol. The van der Waals surface area contributed by atoms with Crippen molar-refractivity contribution >= 4 is 66.8 Å². The Morgan fingerprint density at radius 1 is 0.956 bits per heavy atom. The van der Waals surface area contributed by atoms with Crippen molar-refractivity contribution < 1.29 is 45.0 Å². The second kappa shape index (κ2) is 10.8. The van der Waals surface area contributed by atoms with E-state index in [-0.39, 0.29) is 45.6 Å². The van der Waals surface area contributed by atoms with Gasteiger partial charge in [-0.05, 0) is 53.6 Å². The van der Waals surface area contributed by atoms with Crippen LogP contribution in [0.25, 0.3) is 43.6 Å². The molecule has 0 saturated carbocycles. The van der Waals surface area contributed by atoms with Crippen LogP contribution in [0.4, 0.5) is 0 Å². The highest BCUT2D eigenvalue weighted by Gasteiger charge is 2.43. The molecule has 0 fully saturated rings. The second-order valence-electron chi connectivity index (χ2n) is 11.0. The van der Waals surface area contributed by atoms with Gasteiger partial charge in [0.05, 0.1) is 45.9 Å². The van der Waals surface area contributed by atoms with E-state index in [0.717, 1.165) is 10.6 Å². The van der Waals surface area contributed by atoms with Gasteiger partial charge in [0.25, 0.3) is 11.8 Å². The van der Waals surface area contributed by atoms with Crippen LogP contribution >= 0.6 is 11.3 Å². The zero-order valence-electron chi connectivity index (χ0n) is 23.6. The van der Waals surface area contributed by atoms with Gasteiger partial charge in [-0.2, -0.15) is 11.3 Å². The molecule has 8 N–H and O–H groups in total. The van der Waals surface area contributed by atoms with Crippen molar-refractivity contribution in [1.82, 2.24) is 20.0 Å². The third kappa shape index (κ3) is 4.46. The number of carbonyl (C=O) groups is 2. The number of aromatic hydroxyl groups is 2.